The number of hydrogen-bond donors (Lipinski definition) is 2. The van der Waals surface area contributed by atoms with Crippen LogP contribution in [0.25, 0.3) is 0 Å². The molecule has 0 atom stereocenters. The predicted molar refractivity (Wildman–Crippen MR) is 93.3 cm³/mol. The summed E-state index contributed by atoms with van der Waals surface area (Å²) < 4.78 is 57.9. The Morgan fingerprint density at radius 2 is 1.93 bits per heavy atom. The van der Waals surface area contributed by atoms with E-state index in [2.05, 4.69) is 20.5 Å². The topological polar surface area (TPSA) is 97.0 Å². The third-order valence-electron chi connectivity index (χ3n) is 3.69. The minimum Gasteiger partial charge on any atom is -0.438 e. The fraction of sp³-hybridized carbons (Fsp3) is 0.111. The van der Waals surface area contributed by atoms with Crippen LogP contribution in [0.1, 0.15) is 21.5 Å². The molecular formula is C18H12F4N4O3. The lowest BCUT2D eigenvalue weighted by Gasteiger charge is -2.14. The van der Waals surface area contributed by atoms with E-state index in [0.717, 1.165) is 24.4 Å². The van der Waals surface area contributed by atoms with Gasteiger partial charge in [-0.05, 0) is 36.8 Å². The van der Waals surface area contributed by atoms with Crippen molar-refractivity contribution in [3.05, 3.63) is 75.6 Å². The second-order valence-electron chi connectivity index (χ2n) is 5.87. The average Bonchev–Trinajstić information content (AvgIpc) is 2.63. The molecule has 2 aromatic heterocycles. The zero-order valence-electron chi connectivity index (χ0n) is 14.7. The predicted octanol–water partition coefficient (Wildman–Crippen LogP) is 3.68. The molecule has 0 spiro atoms. The number of nitrogens with one attached hydrogen (secondary N) is 2. The molecule has 0 aliphatic rings. The highest BCUT2D eigenvalue weighted by atomic mass is 19.4. The highest BCUT2D eigenvalue weighted by molar-refractivity contribution is 6.05. The lowest BCUT2D eigenvalue weighted by molar-refractivity contribution is -0.137. The summed E-state index contributed by atoms with van der Waals surface area (Å²) in [5, 5.41) is 7.84. The molecule has 29 heavy (non-hydrogen) atoms. The van der Waals surface area contributed by atoms with Crippen LogP contribution in [0.4, 0.5) is 23.2 Å². The second kappa shape index (κ2) is 7.70. The van der Waals surface area contributed by atoms with Gasteiger partial charge in [0.2, 0.25) is 5.88 Å². The largest absolute Gasteiger partial charge is 0.438 e. The number of rotatable bonds is 4. The molecule has 150 valence electrons. The average molecular weight is 408 g/mol. The number of anilines is 1. The van der Waals surface area contributed by atoms with Gasteiger partial charge < -0.3 is 10.1 Å². The molecule has 2 heterocycles. The summed E-state index contributed by atoms with van der Waals surface area (Å²) in [6.45, 7) is 1.52. The van der Waals surface area contributed by atoms with Crippen LogP contribution in [0.3, 0.4) is 0 Å². The first kappa shape index (κ1) is 20.0. The number of hydrogen-bond acceptors (Lipinski definition) is 5. The van der Waals surface area contributed by atoms with Crippen LogP contribution in [0.5, 0.6) is 11.6 Å². The van der Waals surface area contributed by atoms with E-state index in [1.54, 1.807) is 0 Å². The number of carbonyl (C=O) groups is 1. The van der Waals surface area contributed by atoms with Crippen molar-refractivity contribution in [1.82, 2.24) is 15.2 Å². The van der Waals surface area contributed by atoms with Gasteiger partial charge in [0.1, 0.15) is 17.1 Å². The number of pyridine rings is 1. The molecule has 0 radical (unpaired) electrons. The number of aromatic nitrogens is 3. The molecule has 0 aliphatic carbocycles. The Labute approximate surface area is 160 Å². The lowest BCUT2D eigenvalue weighted by atomic mass is 10.1. The van der Waals surface area contributed by atoms with Crippen LogP contribution in [0, 0.1) is 12.7 Å². The van der Waals surface area contributed by atoms with Crippen LogP contribution in [-0.2, 0) is 6.18 Å². The normalized spacial score (nSPS) is 11.2. The van der Waals surface area contributed by atoms with Crippen molar-refractivity contribution in [2.75, 3.05) is 5.32 Å². The molecule has 1 aromatic carbocycles. The lowest BCUT2D eigenvalue weighted by Crippen LogP contribution is -2.18. The maximum absolute atomic E-state index is 13.3. The van der Waals surface area contributed by atoms with Crippen molar-refractivity contribution < 1.29 is 27.1 Å². The van der Waals surface area contributed by atoms with E-state index in [9.17, 15) is 27.2 Å². The minimum atomic E-state index is -4.75. The molecule has 1 amide bonds. The summed E-state index contributed by atoms with van der Waals surface area (Å²) in [6, 6.07) is 5.06. The Hall–Kier alpha value is -3.76. The van der Waals surface area contributed by atoms with Gasteiger partial charge in [0.15, 0.2) is 0 Å². The summed E-state index contributed by atoms with van der Waals surface area (Å²) in [6.07, 6.45) is -3.14. The summed E-state index contributed by atoms with van der Waals surface area (Å²) in [7, 11) is 0. The monoisotopic (exact) mass is 408 g/mol. The summed E-state index contributed by atoms with van der Waals surface area (Å²) >= 11 is 0. The molecule has 0 fully saturated rings. The van der Waals surface area contributed by atoms with Gasteiger partial charge in [-0.1, -0.05) is 0 Å². The number of amides is 1. The molecule has 11 heteroatoms. The molecule has 3 aromatic rings. The Morgan fingerprint density at radius 1 is 1.17 bits per heavy atom. The zero-order chi connectivity index (χ0) is 21.2. The number of ether oxygens (including phenoxy) is 1. The van der Waals surface area contributed by atoms with E-state index in [0.29, 0.717) is 17.8 Å². The van der Waals surface area contributed by atoms with Gasteiger partial charge in [-0.2, -0.15) is 18.3 Å². The van der Waals surface area contributed by atoms with Crippen LogP contribution in [-0.4, -0.2) is 21.1 Å². The highest BCUT2D eigenvalue weighted by Crippen LogP contribution is 2.33. The smallest absolute Gasteiger partial charge is 0.417 e. The first-order valence-corrected chi connectivity index (χ1v) is 8.01. The maximum Gasteiger partial charge on any atom is 0.417 e. The van der Waals surface area contributed by atoms with Gasteiger partial charge in [0, 0.05) is 12.3 Å². The third kappa shape index (κ3) is 4.75. The van der Waals surface area contributed by atoms with Crippen molar-refractivity contribution >= 4 is 11.6 Å². The number of nitrogens with zero attached hydrogens (tertiary/aromatic N) is 2. The van der Waals surface area contributed by atoms with Gasteiger partial charge in [-0.15, -0.1) is 0 Å². The fourth-order valence-electron chi connectivity index (χ4n) is 2.33. The Kier molecular flexibility index (Phi) is 5.31. The van der Waals surface area contributed by atoms with Gasteiger partial charge in [0.05, 0.1) is 17.4 Å². The summed E-state index contributed by atoms with van der Waals surface area (Å²) in [5.41, 5.74) is -2.03. The molecule has 0 bridgehead atoms. The molecule has 0 aliphatic heterocycles. The fourth-order valence-corrected chi connectivity index (χ4v) is 2.33. The van der Waals surface area contributed by atoms with E-state index in [4.69, 9.17) is 4.74 Å². The van der Waals surface area contributed by atoms with Crippen molar-refractivity contribution in [1.29, 1.82) is 0 Å². The van der Waals surface area contributed by atoms with Crippen LogP contribution in [0.15, 0.2) is 47.5 Å². The van der Waals surface area contributed by atoms with E-state index >= 15 is 0 Å². The van der Waals surface area contributed by atoms with Crippen molar-refractivity contribution in [2.24, 2.45) is 0 Å². The minimum absolute atomic E-state index is 0.0416. The van der Waals surface area contributed by atoms with E-state index in [1.807, 2.05) is 0 Å². The first-order valence-electron chi connectivity index (χ1n) is 8.01. The van der Waals surface area contributed by atoms with Crippen molar-refractivity contribution in [3.8, 4) is 11.6 Å². The standard InChI is InChI=1S/C18H12F4N4O3/c1-9-4-11(19)2-3-14(9)29-17-13(5-10(7-23-17)18(20,21)22)16(28)25-12-6-15(27)26-24-8-12/h2-8H,1H3,(H2,25,26,27,28). The molecule has 0 saturated heterocycles. The molecule has 7 nitrogen and oxygen atoms in total. The van der Waals surface area contributed by atoms with Gasteiger partial charge >= 0.3 is 6.18 Å². The number of aromatic amines is 1. The maximum atomic E-state index is 13.3. The zero-order valence-corrected chi connectivity index (χ0v) is 14.7. The molecular weight excluding hydrogens is 396 g/mol. The molecule has 0 saturated carbocycles. The number of carbonyl (C=O) groups excluding carboxylic acids is 1. The van der Waals surface area contributed by atoms with E-state index in [-0.39, 0.29) is 11.4 Å². The van der Waals surface area contributed by atoms with Crippen LogP contribution < -0.4 is 15.6 Å². The number of H-pyrrole nitrogens is 1. The second-order valence-corrected chi connectivity index (χ2v) is 5.87. The number of benzene rings is 1. The van der Waals surface area contributed by atoms with Crippen molar-refractivity contribution in [3.63, 3.8) is 0 Å². The Balaban J connectivity index is 2.01. The molecule has 0 unspecified atom stereocenters. The van der Waals surface area contributed by atoms with Crippen LogP contribution >= 0.6 is 0 Å². The molecule has 3 rings (SSSR count). The number of aryl methyl sites for hydroxylation is 1. The molecule has 2 N–H and O–H groups in total. The summed E-state index contributed by atoms with van der Waals surface area (Å²) in [4.78, 5) is 27.4. The van der Waals surface area contributed by atoms with E-state index < -0.39 is 40.5 Å². The quantitative estimate of drug-likeness (QED) is 0.642. The highest BCUT2D eigenvalue weighted by Gasteiger charge is 2.33. The summed E-state index contributed by atoms with van der Waals surface area (Å²) in [5.74, 6) is -1.87. The SMILES string of the molecule is Cc1cc(F)ccc1Oc1ncc(C(F)(F)F)cc1C(=O)Nc1cn[nH]c(=O)c1. The van der Waals surface area contributed by atoms with Crippen LogP contribution in [0.2, 0.25) is 0 Å². The third-order valence-corrected chi connectivity index (χ3v) is 3.69. The first-order chi connectivity index (χ1) is 13.6. The number of alkyl halides is 3. The van der Waals surface area contributed by atoms with Gasteiger partial charge in [-0.3, -0.25) is 9.59 Å². The van der Waals surface area contributed by atoms with Gasteiger partial charge in [0.25, 0.3) is 11.5 Å². The Morgan fingerprint density at radius 3 is 2.59 bits per heavy atom. The van der Waals surface area contributed by atoms with E-state index in [1.165, 1.54) is 13.0 Å². The van der Waals surface area contributed by atoms with Gasteiger partial charge in [-0.25, -0.2) is 14.5 Å². The Bertz CT molecular complexity index is 1130. The number of halogens is 4. The van der Waals surface area contributed by atoms with Crippen molar-refractivity contribution in [2.45, 2.75) is 13.1 Å².